The highest BCUT2D eigenvalue weighted by atomic mass is 35.5. The topological polar surface area (TPSA) is 18.5 Å². The molecule has 0 saturated heterocycles. The first-order valence-electron chi connectivity index (χ1n) is 5.54. The molecule has 1 atom stereocenters. The van der Waals surface area contributed by atoms with Crippen LogP contribution in [0.15, 0.2) is 42.5 Å². The van der Waals surface area contributed by atoms with Gasteiger partial charge in [0.05, 0.1) is 5.88 Å². The zero-order valence-corrected chi connectivity index (χ0v) is 10.5. The van der Waals surface area contributed by atoms with Gasteiger partial charge >= 0.3 is 0 Å². The number of hydrogen-bond acceptors (Lipinski definition) is 2. The molecular weight excluding hydrogens is 236 g/mol. The van der Waals surface area contributed by atoms with Crippen LogP contribution in [0, 0.1) is 0 Å². The van der Waals surface area contributed by atoms with Crippen LogP contribution in [0.25, 0.3) is 10.8 Å². The molecule has 0 aromatic heterocycles. The number of benzene rings is 2. The Bertz CT molecular complexity index is 475. The third-order valence-electron chi connectivity index (χ3n) is 2.68. The Morgan fingerprint density at radius 3 is 2.65 bits per heavy atom. The van der Waals surface area contributed by atoms with Crippen molar-refractivity contribution >= 4 is 22.4 Å². The van der Waals surface area contributed by atoms with Gasteiger partial charge in [0.15, 0.2) is 0 Å². The predicted molar refractivity (Wildman–Crippen MR) is 71.0 cm³/mol. The summed E-state index contributed by atoms with van der Waals surface area (Å²) >= 11 is 5.75. The second-order valence-corrected chi connectivity index (χ2v) is 4.11. The molecule has 0 fully saturated rings. The van der Waals surface area contributed by atoms with Crippen LogP contribution in [0.3, 0.4) is 0 Å². The van der Waals surface area contributed by atoms with Gasteiger partial charge in [-0.05, 0) is 11.5 Å². The number of ether oxygens (including phenoxy) is 2. The summed E-state index contributed by atoms with van der Waals surface area (Å²) in [5.41, 5.74) is 0. The molecule has 0 N–H and O–H groups in total. The fourth-order valence-electron chi connectivity index (χ4n) is 1.68. The van der Waals surface area contributed by atoms with Crippen LogP contribution < -0.4 is 4.74 Å². The summed E-state index contributed by atoms with van der Waals surface area (Å²) in [7, 11) is 1.64. The highest BCUT2D eigenvalue weighted by Gasteiger charge is 2.07. The normalized spacial score (nSPS) is 12.6. The summed E-state index contributed by atoms with van der Waals surface area (Å²) in [6.45, 7) is 0.466. The van der Waals surface area contributed by atoms with Gasteiger partial charge in [-0.2, -0.15) is 0 Å². The summed E-state index contributed by atoms with van der Waals surface area (Å²) in [5.74, 6) is 1.30. The van der Waals surface area contributed by atoms with Crippen molar-refractivity contribution in [3.05, 3.63) is 42.5 Å². The third-order valence-corrected chi connectivity index (χ3v) is 3.02. The monoisotopic (exact) mass is 250 g/mol. The van der Waals surface area contributed by atoms with Crippen LogP contribution in [0.2, 0.25) is 0 Å². The molecule has 3 heteroatoms. The average molecular weight is 251 g/mol. The van der Waals surface area contributed by atoms with E-state index in [2.05, 4.69) is 12.1 Å². The second-order valence-electron chi connectivity index (χ2n) is 3.80. The van der Waals surface area contributed by atoms with E-state index in [0.29, 0.717) is 12.5 Å². The van der Waals surface area contributed by atoms with Crippen molar-refractivity contribution in [3.8, 4) is 5.75 Å². The van der Waals surface area contributed by atoms with Gasteiger partial charge < -0.3 is 9.47 Å². The predicted octanol–water partition coefficient (Wildman–Crippen LogP) is 3.47. The fraction of sp³-hybridized carbons (Fsp3) is 0.286. The van der Waals surface area contributed by atoms with Gasteiger partial charge in [0.25, 0.3) is 0 Å². The average Bonchev–Trinajstić information content (AvgIpc) is 2.40. The summed E-state index contributed by atoms with van der Waals surface area (Å²) in [6, 6.07) is 14.2. The molecule has 0 aliphatic heterocycles. The minimum absolute atomic E-state index is 0.0735. The molecule has 2 aromatic rings. The van der Waals surface area contributed by atoms with Gasteiger partial charge in [0.1, 0.15) is 18.5 Å². The second kappa shape index (κ2) is 5.89. The van der Waals surface area contributed by atoms with E-state index in [1.165, 1.54) is 5.39 Å². The fourth-order valence-corrected chi connectivity index (χ4v) is 1.89. The molecule has 0 spiro atoms. The van der Waals surface area contributed by atoms with Gasteiger partial charge in [-0.15, -0.1) is 11.6 Å². The van der Waals surface area contributed by atoms with E-state index in [0.717, 1.165) is 11.1 Å². The quantitative estimate of drug-likeness (QED) is 0.757. The first kappa shape index (κ1) is 12.2. The van der Waals surface area contributed by atoms with E-state index in [-0.39, 0.29) is 6.10 Å². The van der Waals surface area contributed by atoms with E-state index in [1.807, 2.05) is 30.3 Å². The van der Waals surface area contributed by atoms with Crippen molar-refractivity contribution < 1.29 is 9.47 Å². The maximum Gasteiger partial charge on any atom is 0.127 e. The molecule has 0 amide bonds. The zero-order valence-electron chi connectivity index (χ0n) is 9.73. The lowest BCUT2D eigenvalue weighted by atomic mass is 10.1. The molecule has 0 bridgehead atoms. The van der Waals surface area contributed by atoms with Crippen LogP contribution in [0.5, 0.6) is 5.75 Å². The van der Waals surface area contributed by atoms with Gasteiger partial charge in [0.2, 0.25) is 0 Å². The lowest BCUT2D eigenvalue weighted by Crippen LogP contribution is -2.21. The molecular formula is C14H15ClO2. The minimum Gasteiger partial charge on any atom is -0.490 e. The van der Waals surface area contributed by atoms with Crippen molar-refractivity contribution in [1.82, 2.24) is 0 Å². The summed E-state index contributed by atoms with van der Waals surface area (Å²) < 4.78 is 10.9. The van der Waals surface area contributed by atoms with Crippen LogP contribution in [-0.4, -0.2) is 25.7 Å². The first-order chi connectivity index (χ1) is 8.35. The van der Waals surface area contributed by atoms with Crippen molar-refractivity contribution in [2.24, 2.45) is 0 Å². The summed E-state index contributed by atoms with van der Waals surface area (Å²) in [5, 5.41) is 2.28. The maximum atomic E-state index is 5.75. The van der Waals surface area contributed by atoms with Crippen molar-refractivity contribution in [2.75, 3.05) is 19.6 Å². The molecule has 2 nitrogen and oxygen atoms in total. The Labute approximate surface area is 106 Å². The minimum atomic E-state index is -0.0735. The molecule has 2 rings (SSSR count). The number of halogens is 1. The van der Waals surface area contributed by atoms with Gasteiger partial charge in [-0.3, -0.25) is 0 Å². The first-order valence-corrected chi connectivity index (χ1v) is 6.08. The Morgan fingerprint density at radius 1 is 1.12 bits per heavy atom. The lowest BCUT2D eigenvalue weighted by molar-refractivity contribution is 0.0746. The highest BCUT2D eigenvalue weighted by molar-refractivity contribution is 6.18. The molecule has 0 saturated carbocycles. The largest absolute Gasteiger partial charge is 0.490 e. The molecule has 0 heterocycles. The smallest absolute Gasteiger partial charge is 0.127 e. The van der Waals surface area contributed by atoms with E-state index in [4.69, 9.17) is 21.1 Å². The van der Waals surface area contributed by atoms with Gasteiger partial charge in [-0.25, -0.2) is 0 Å². The van der Waals surface area contributed by atoms with E-state index >= 15 is 0 Å². The zero-order chi connectivity index (χ0) is 12.1. The number of alkyl halides is 1. The van der Waals surface area contributed by atoms with Crippen LogP contribution in [0.1, 0.15) is 0 Å². The van der Waals surface area contributed by atoms with Crippen molar-refractivity contribution in [3.63, 3.8) is 0 Å². The highest BCUT2D eigenvalue weighted by Crippen LogP contribution is 2.25. The Kier molecular flexibility index (Phi) is 4.24. The molecule has 1 unspecified atom stereocenters. The lowest BCUT2D eigenvalue weighted by Gasteiger charge is -2.14. The standard InChI is InChI=1S/C14H15ClO2/c1-16-12(9-15)10-17-14-8-4-6-11-5-2-3-7-13(11)14/h2-8,12H,9-10H2,1H3. The van der Waals surface area contributed by atoms with Gasteiger partial charge in [-0.1, -0.05) is 36.4 Å². The number of methoxy groups -OCH3 is 1. The Morgan fingerprint density at radius 2 is 1.88 bits per heavy atom. The third kappa shape index (κ3) is 2.90. The molecule has 0 radical (unpaired) electrons. The summed E-state index contributed by atoms with van der Waals surface area (Å²) in [4.78, 5) is 0. The van der Waals surface area contributed by atoms with Crippen LogP contribution in [-0.2, 0) is 4.74 Å². The Hall–Kier alpha value is -1.25. The molecule has 0 aliphatic carbocycles. The van der Waals surface area contributed by atoms with Crippen LogP contribution in [0.4, 0.5) is 0 Å². The van der Waals surface area contributed by atoms with E-state index < -0.39 is 0 Å². The molecule has 2 aromatic carbocycles. The number of rotatable bonds is 5. The van der Waals surface area contributed by atoms with E-state index in [9.17, 15) is 0 Å². The van der Waals surface area contributed by atoms with Crippen molar-refractivity contribution in [1.29, 1.82) is 0 Å². The Balaban J connectivity index is 2.18. The van der Waals surface area contributed by atoms with Gasteiger partial charge in [0, 0.05) is 12.5 Å². The maximum absolute atomic E-state index is 5.75. The number of fused-ring (bicyclic) bond motifs is 1. The number of hydrogen-bond donors (Lipinski definition) is 0. The summed E-state index contributed by atoms with van der Waals surface area (Å²) in [6.07, 6.45) is -0.0735. The molecule has 0 aliphatic rings. The SMILES string of the molecule is COC(CCl)COc1cccc2ccccc12. The molecule has 17 heavy (non-hydrogen) atoms. The van der Waals surface area contributed by atoms with Crippen molar-refractivity contribution in [2.45, 2.75) is 6.10 Å². The molecule has 90 valence electrons. The van der Waals surface area contributed by atoms with Crippen LogP contribution >= 0.6 is 11.6 Å². The van der Waals surface area contributed by atoms with E-state index in [1.54, 1.807) is 7.11 Å².